The number of hydrogen-bond acceptors (Lipinski definition) is 2. The van der Waals surface area contributed by atoms with Gasteiger partial charge in [0.2, 0.25) is 0 Å². The van der Waals surface area contributed by atoms with Crippen LogP contribution in [-0.4, -0.2) is 10.2 Å². The molecule has 18 heavy (non-hydrogen) atoms. The molecule has 0 unspecified atom stereocenters. The molecule has 1 aliphatic rings. The van der Waals surface area contributed by atoms with Crippen molar-refractivity contribution in [3.05, 3.63) is 46.9 Å². The van der Waals surface area contributed by atoms with E-state index in [1.807, 2.05) is 6.07 Å². The summed E-state index contributed by atoms with van der Waals surface area (Å²) in [5.74, 6) is -0.206. The molecule has 2 nitrogen and oxygen atoms in total. The summed E-state index contributed by atoms with van der Waals surface area (Å²) in [6, 6.07) is 7.09. The third kappa shape index (κ3) is 1.90. The standard InChI is InChI=1S/C15H15FN2/c1-2-13-8-11-5-3-4-10-6-7-12(16)9-14(10)15(11)18-17-13/h6-9H,2-5H2,1H3. The zero-order valence-corrected chi connectivity index (χ0v) is 10.4. The molecule has 3 heteroatoms. The van der Waals surface area contributed by atoms with Crippen LogP contribution in [0.4, 0.5) is 4.39 Å². The summed E-state index contributed by atoms with van der Waals surface area (Å²) in [6.07, 6.45) is 3.94. The van der Waals surface area contributed by atoms with Gasteiger partial charge in [0.1, 0.15) is 5.82 Å². The van der Waals surface area contributed by atoms with Gasteiger partial charge in [-0.3, -0.25) is 0 Å². The van der Waals surface area contributed by atoms with Crippen LogP contribution in [0.1, 0.15) is 30.2 Å². The zero-order valence-electron chi connectivity index (χ0n) is 10.4. The van der Waals surface area contributed by atoms with Crippen molar-refractivity contribution < 1.29 is 4.39 Å². The van der Waals surface area contributed by atoms with E-state index in [1.165, 1.54) is 17.2 Å². The number of halogens is 1. The Hall–Kier alpha value is -1.77. The average molecular weight is 242 g/mol. The minimum Gasteiger partial charge on any atom is -0.207 e. The van der Waals surface area contributed by atoms with Gasteiger partial charge in [-0.05, 0) is 55.0 Å². The van der Waals surface area contributed by atoms with Crippen LogP contribution in [0, 0.1) is 5.82 Å². The second-order valence-corrected chi connectivity index (χ2v) is 4.72. The van der Waals surface area contributed by atoms with E-state index in [4.69, 9.17) is 0 Å². The van der Waals surface area contributed by atoms with Crippen molar-refractivity contribution in [3.8, 4) is 11.3 Å². The smallest absolute Gasteiger partial charge is 0.123 e. The van der Waals surface area contributed by atoms with Crippen molar-refractivity contribution in [2.75, 3.05) is 0 Å². The van der Waals surface area contributed by atoms with Crippen molar-refractivity contribution in [1.82, 2.24) is 10.2 Å². The average Bonchev–Trinajstić information content (AvgIpc) is 2.57. The van der Waals surface area contributed by atoms with Crippen LogP contribution in [-0.2, 0) is 19.3 Å². The van der Waals surface area contributed by atoms with Crippen LogP contribution in [0.3, 0.4) is 0 Å². The van der Waals surface area contributed by atoms with Crippen molar-refractivity contribution in [3.63, 3.8) is 0 Å². The first kappa shape index (κ1) is 11.3. The van der Waals surface area contributed by atoms with Gasteiger partial charge in [-0.2, -0.15) is 5.10 Å². The van der Waals surface area contributed by atoms with E-state index < -0.39 is 0 Å². The number of fused-ring (bicyclic) bond motifs is 3. The lowest BCUT2D eigenvalue weighted by Gasteiger charge is -2.08. The predicted molar refractivity (Wildman–Crippen MR) is 68.8 cm³/mol. The van der Waals surface area contributed by atoms with Crippen LogP contribution in [0.5, 0.6) is 0 Å². The summed E-state index contributed by atoms with van der Waals surface area (Å²) in [5, 5.41) is 8.52. The summed E-state index contributed by atoms with van der Waals surface area (Å²) < 4.78 is 13.4. The monoisotopic (exact) mass is 242 g/mol. The lowest BCUT2D eigenvalue weighted by atomic mass is 10.0. The molecule has 1 aliphatic carbocycles. The first-order valence-corrected chi connectivity index (χ1v) is 6.42. The van der Waals surface area contributed by atoms with E-state index >= 15 is 0 Å². The molecule has 0 saturated carbocycles. The molecular formula is C15H15FN2. The van der Waals surface area contributed by atoms with Gasteiger partial charge in [0, 0.05) is 5.56 Å². The van der Waals surface area contributed by atoms with E-state index in [2.05, 4.69) is 23.2 Å². The molecule has 0 saturated heterocycles. The fourth-order valence-electron chi connectivity index (χ4n) is 2.52. The summed E-state index contributed by atoms with van der Waals surface area (Å²) in [6.45, 7) is 2.07. The van der Waals surface area contributed by atoms with Crippen molar-refractivity contribution in [2.24, 2.45) is 0 Å². The number of hydrogen-bond donors (Lipinski definition) is 0. The van der Waals surface area contributed by atoms with E-state index in [9.17, 15) is 4.39 Å². The van der Waals surface area contributed by atoms with Gasteiger partial charge in [0.15, 0.2) is 0 Å². The SMILES string of the molecule is CCc1cc2c(nn1)-c1cc(F)ccc1CCC2. The third-order valence-electron chi connectivity index (χ3n) is 3.50. The molecule has 1 aromatic carbocycles. The van der Waals surface area contributed by atoms with Crippen LogP contribution < -0.4 is 0 Å². The van der Waals surface area contributed by atoms with Gasteiger partial charge in [0.25, 0.3) is 0 Å². The molecule has 0 spiro atoms. The molecule has 0 N–H and O–H groups in total. The molecule has 0 aliphatic heterocycles. The third-order valence-corrected chi connectivity index (χ3v) is 3.50. The highest BCUT2D eigenvalue weighted by Gasteiger charge is 2.17. The minimum atomic E-state index is -0.206. The largest absolute Gasteiger partial charge is 0.207 e. The van der Waals surface area contributed by atoms with E-state index in [0.717, 1.165) is 42.6 Å². The summed E-state index contributed by atoms with van der Waals surface area (Å²) in [7, 11) is 0. The van der Waals surface area contributed by atoms with Gasteiger partial charge in [0.05, 0.1) is 11.4 Å². The predicted octanol–water partition coefficient (Wildman–Crippen LogP) is 3.33. The first-order chi connectivity index (χ1) is 8.78. The normalized spacial score (nSPS) is 13.7. The minimum absolute atomic E-state index is 0.206. The van der Waals surface area contributed by atoms with E-state index in [1.54, 1.807) is 6.07 Å². The topological polar surface area (TPSA) is 25.8 Å². The van der Waals surface area contributed by atoms with Gasteiger partial charge in [-0.15, -0.1) is 5.10 Å². The Kier molecular flexibility index (Phi) is 2.82. The first-order valence-electron chi connectivity index (χ1n) is 6.42. The molecule has 0 bridgehead atoms. The highest BCUT2D eigenvalue weighted by molar-refractivity contribution is 5.67. The molecule has 0 fully saturated rings. The lowest BCUT2D eigenvalue weighted by Crippen LogP contribution is -1.99. The van der Waals surface area contributed by atoms with Crippen LogP contribution in [0.15, 0.2) is 24.3 Å². The molecule has 92 valence electrons. The van der Waals surface area contributed by atoms with Crippen molar-refractivity contribution in [2.45, 2.75) is 32.6 Å². The molecule has 2 aromatic rings. The number of aromatic nitrogens is 2. The molecule has 1 aromatic heterocycles. The van der Waals surface area contributed by atoms with Gasteiger partial charge < -0.3 is 0 Å². The molecule has 0 radical (unpaired) electrons. The Morgan fingerprint density at radius 2 is 1.94 bits per heavy atom. The maximum absolute atomic E-state index is 13.4. The quantitative estimate of drug-likeness (QED) is 0.766. The van der Waals surface area contributed by atoms with Gasteiger partial charge in [-0.1, -0.05) is 13.0 Å². The van der Waals surface area contributed by atoms with Gasteiger partial charge in [-0.25, -0.2) is 4.39 Å². The lowest BCUT2D eigenvalue weighted by molar-refractivity contribution is 0.627. The summed E-state index contributed by atoms with van der Waals surface area (Å²) in [4.78, 5) is 0. The molecular weight excluding hydrogens is 227 g/mol. The number of benzene rings is 1. The Balaban J connectivity index is 2.20. The molecule has 1 heterocycles. The van der Waals surface area contributed by atoms with Crippen molar-refractivity contribution >= 4 is 0 Å². The number of aryl methyl sites for hydroxylation is 3. The Bertz CT molecular complexity index is 593. The van der Waals surface area contributed by atoms with Crippen LogP contribution in [0.25, 0.3) is 11.3 Å². The van der Waals surface area contributed by atoms with E-state index in [-0.39, 0.29) is 5.82 Å². The zero-order chi connectivity index (χ0) is 12.5. The Morgan fingerprint density at radius 1 is 1.11 bits per heavy atom. The highest BCUT2D eigenvalue weighted by Crippen LogP contribution is 2.31. The number of rotatable bonds is 1. The summed E-state index contributed by atoms with van der Waals surface area (Å²) >= 11 is 0. The van der Waals surface area contributed by atoms with Crippen LogP contribution in [0.2, 0.25) is 0 Å². The highest BCUT2D eigenvalue weighted by atomic mass is 19.1. The fraction of sp³-hybridized carbons (Fsp3) is 0.333. The fourth-order valence-corrected chi connectivity index (χ4v) is 2.52. The number of nitrogens with zero attached hydrogens (tertiary/aromatic N) is 2. The Morgan fingerprint density at radius 3 is 2.78 bits per heavy atom. The maximum atomic E-state index is 13.4. The summed E-state index contributed by atoms with van der Waals surface area (Å²) in [5.41, 5.74) is 5.16. The van der Waals surface area contributed by atoms with Gasteiger partial charge >= 0.3 is 0 Å². The second-order valence-electron chi connectivity index (χ2n) is 4.72. The molecule has 3 rings (SSSR count). The Labute approximate surface area is 106 Å². The van der Waals surface area contributed by atoms with Crippen LogP contribution >= 0.6 is 0 Å². The molecule has 0 amide bonds. The van der Waals surface area contributed by atoms with E-state index in [0.29, 0.717) is 0 Å². The second kappa shape index (κ2) is 4.48. The van der Waals surface area contributed by atoms with Crippen molar-refractivity contribution in [1.29, 1.82) is 0 Å². The molecule has 0 atom stereocenters. The maximum Gasteiger partial charge on any atom is 0.123 e.